The number of phenols is 1. The van der Waals surface area contributed by atoms with Crippen LogP contribution in [0.5, 0.6) is 11.6 Å². The number of ether oxygens (including phenoxy) is 2. The molecule has 21 heteroatoms. The van der Waals surface area contributed by atoms with Gasteiger partial charge in [-0.3, -0.25) is 9.59 Å². The van der Waals surface area contributed by atoms with Gasteiger partial charge in [0.15, 0.2) is 17.4 Å². The number of nitrogens with two attached hydrogens (primary N) is 1. The average molecular weight is 1140 g/mol. The normalized spacial score (nSPS) is 24.2. The Balaban J connectivity index is 0.566. The number of rotatable bonds is 17. The van der Waals surface area contributed by atoms with Crippen molar-refractivity contribution in [3.05, 3.63) is 101 Å². The minimum atomic E-state index is -0.898. The van der Waals surface area contributed by atoms with E-state index >= 15 is 4.39 Å². The van der Waals surface area contributed by atoms with Gasteiger partial charge in [-0.25, -0.2) is 14.4 Å². The summed E-state index contributed by atoms with van der Waals surface area (Å²) in [7, 11) is 0. The molecule has 2 aromatic carbocycles. The Bertz CT molecular complexity index is 3220. The first-order valence-electron chi connectivity index (χ1n) is 29.3. The van der Waals surface area contributed by atoms with E-state index < -0.39 is 35.8 Å². The van der Waals surface area contributed by atoms with E-state index in [2.05, 4.69) is 62.4 Å². The number of fused-ring (bicyclic) bond motifs is 2. The molecule has 0 spiro atoms. The third-order valence-electron chi connectivity index (χ3n) is 18.0. The number of hydrogen-bond donors (Lipinski definition) is 4. The Hall–Kier alpha value is -6.94. The lowest BCUT2D eigenvalue weighted by molar-refractivity contribution is -0.141. The first-order valence-corrected chi connectivity index (χ1v) is 30.2. The number of hydrogen-bond acceptors (Lipinski definition) is 18. The molecule has 2 bridgehead atoms. The Morgan fingerprint density at radius 2 is 1.62 bits per heavy atom. The Kier molecular flexibility index (Phi) is 16.1. The van der Waals surface area contributed by atoms with Gasteiger partial charge in [0, 0.05) is 119 Å². The number of nitrogens with zero attached hydrogens (tertiary/aromatic N) is 10. The average Bonchev–Trinajstić information content (AvgIpc) is 4.29. The number of pyridine rings is 1. The molecule has 4 aromatic heterocycles. The number of anilines is 4. The fraction of sp³-hybridized carbons (Fsp3) is 0.525. The highest BCUT2D eigenvalue weighted by Crippen LogP contribution is 2.41. The predicted molar refractivity (Wildman–Crippen MR) is 311 cm³/mol. The van der Waals surface area contributed by atoms with Gasteiger partial charge in [0.2, 0.25) is 17.7 Å². The number of nitrogen functional groups attached to an aromatic ring is 1. The van der Waals surface area contributed by atoms with Crippen LogP contribution in [0.2, 0.25) is 0 Å². The molecule has 6 aromatic rings. The molecule has 19 nitrogen and oxygen atoms in total. The third-order valence-corrected chi connectivity index (χ3v) is 19.0. The van der Waals surface area contributed by atoms with Gasteiger partial charge in [-0.05, 0) is 100 Å². The highest BCUT2D eigenvalue weighted by Gasteiger charge is 2.45. The maximum Gasteiger partial charge on any atom is 0.243 e. The number of aliphatic hydroxyl groups is 1. The molecule has 1 saturated carbocycles. The van der Waals surface area contributed by atoms with Gasteiger partial charge >= 0.3 is 0 Å². The molecule has 1 unspecified atom stereocenters. The second-order valence-electron chi connectivity index (χ2n) is 23.9. The van der Waals surface area contributed by atoms with Gasteiger partial charge in [0.05, 0.1) is 51.8 Å². The number of carbonyl (C=O) groups excluding carboxylic acids is 2. The number of para-hydroxylation sites is 1. The van der Waals surface area contributed by atoms with Crippen molar-refractivity contribution in [3.63, 3.8) is 0 Å². The molecule has 12 rings (SSSR count). The summed E-state index contributed by atoms with van der Waals surface area (Å²) in [4.78, 5) is 49.0. The summed E-state index contributed by atoms with van der Waals surface area (Å²) in [5.74, 6) is 0.936. The summed E-state index contributed by atoms with van der Waals surface area (Å²) in [6, 6.07) is 19.2. The fourth-order valence-electron chi connectivity index (χ4n) is 13.5. The van der Waals surface area contributed by atoms with Crippen LogP contribution in [0.1, 0.15) is 108 Å². The van der Waals surface area contributed by atoms with Crippen LogP contribution >= 0.6 is 11.3 Å². The number of piperidine rings is 2. The van der Waals surface area contributed by atoms with Crippen LogP contribution in [0.3, 0.4) is 0 Å². The fourth-order valence-corrected chi connectivity index (χ4v) is 14.3. The molecule has 1 aliphatic carbocycles. The van der Waals surface area contributed by atoms with E-state index in [1.807, 2.05) is 51.2 Å². The van der Waals surface area contributed by atoms with Gasteiger partial charge < -0.3 is 59.8 Å². The van der Waals surface area contributed by atoms with Crippen molar-refractivity contribution in [2.45, 2.75) is 140 Å². The minimum absolute atomic E-state index is 0.0236. The van der Waals surface area contributed by atoms with E-state index in [9.17, 15) is 19.8 Å². The first-order chi connectivity index (χ1) is 39.7. The number of aryl methyl sites for hydroxylation is 1. The number of likely N-dealkylation sites (tertiary alicyclic amines) is 2. The maximum atomic E-state index is 15.3. The van der Waals surface area contributed by atoms with E-state index in [1.165, 1.54) is 22.3 Å². The van der Waals surface area contributed by atoms with E-state index in [0.29, 0.717) is 63.7 Å². The zero-order chi connectivity index (χ0) is 56.8. The molecule has 5 aliphatic heterocycles. The highest BCUT2D eigenvalue weighted by atomic mass is 32.1. The molecule has 9 heterocycles. The number of thiazole rings is 1. The molecule has 5 N–H and O–H groups in total. The monoisotopic (exact) mass is 1140 g/mol. The molecular formula is C61H75FN12O7S. The Morgan fingerprint density at radius 1 is 0.854 bits per heavy atom. The number of phenolic OH excluding ortho intramolecular Hbond substituents is 1. The summed E-state index contributed by atoms with van der Waals surface area (Å²) >= 11 is 1.37. The largest absolute Gasteiger partial charge is 0.507 e. The maximum absolute atomic E-state index is 15.3. The third kappa shape index (κ3) is 11.7. The lowest BCUT2D eigenvalue weighted by atomic mass is 9.91. The van der Waals surface area contributed by atoms with Gasteiger partial charge in [-0.2, -0.15) is 0 Å². The lowest BCUT2D eigenvalue weighted by Crippen LogP contribution is -2.54. The van der Waals surface area contributed by atoms with E-state index in [-0.39, 0.29) is 48.9 Å². The van der Waals surface area contributed by atoms with Crippen LogP contribution in [0, 0.1) is 24.6 Å². The number of aliphatic hydroxyl groups excluding tert-OH is 1. The van der Waals surface area contributed by atoms with E-state index in [4.69, 9.17) is 19.7 Å². The smallest absolute Gasteiger partial charge is 0.243 e. The second kappa shape index (κ2) is 23.7. The van der Waals surface area contributed by atoms with Crippen molar-refractivity contribution in [1.29, 1.82) is 0 Å². The minimum Gasteiger partial charge on any atom is -0.507 e. The molecular weight excluding hydrogens is 1060 g/mol. The quantitative estimate of drug-likeness (QED) is 0.0676. The molecule has 2 amide bonds. The van der Waals surface area contributed by atoms with Crippen molar-refractivity contribution in [3.8, 4) is 33.3 Å². The highest BCUT2D eigenvalue weighted by molar-refractivity contribution is 7.13. The predicted octanol–water partition coefficient (Wildman–Crippen LogP) is 8.13. The van der Waals surface area contributed by atoms with Gasteiger partial charge in [-0.15, -0.1) is 21.5 Å². The van der Waals surface area contributed by atoms with Crippen molar-refractivity contribution in [2.24, 2.45) is 11.8 Å². The summed E-state index contributed by atoms with van der Waals surface area (Å²) in [6.45, 7) is 13.9. The van der Waals surface area contributed by atoms with Crippen molar-refractivity contribution in [1.82, 2.24) is 40.4 Å². The molecule has 6 aliphatic rings. The molecule has 6 atom stereocenters. The van der Waals surface area contributed by atoms with E-state index in [1.54, 1.807) is 36.7 Å². The van der Waals surface area contributed by atoms with Gasteiger partial charge in [0.25, 0.3) is 0 Å². The number of piperazine rings is 1. The van der Waals surface area contributed by atoms with Gasteiger partial charge in [0.1, 0.15) is 29.6 Å². The van der Waals surface area contributed by atoms with Crippen molar-refractivity contribution < 1.29 is 38.2 Å². The van der Waals surface area contributed by atoms with E-state index in [0.717, 1.165) is 119 Å². The molecule has 82 heavy (non-hydrogen) atoms. The molecule has 6 fully saturated rings. The number of carbonyl (C=O) groups is 2. The number of halogens is 1. The summed E-state index contributed by atoms with van der Waals surface area (Å²) < 4.78 is 34.3. The summed E-state index contributed by atoms with van der Waals surface area (Å²) in [6.07, 6.45) is 9.57. The zero-order valence-electron chi connectivity index (χ0n) is 47.1. The Morgan fingerprint density at radius 3 is 2.34 bits per heavy atom. The number of aromatic hydroxyl groups is 1. The zero-order valence-corrected chi connectivity index (χ0v) is 48.0. The number of β-amino-alcohol motifs (C(OH)–C–C–N with tert-alkyl or cyclic N) is 1. The first kappa shape index (κ1) is 55.6. The number of amides is 2. The van der Waals surface area contributed by atoms with Crippen LogP contribution in [0.25, 0.3) is 21.7 Å². The number of nitrogens with one attached hydrogen (secondary N) is 1. The molecule has 5 saturated heterocycles. The number of aromatic nitrogens is 5. The second-order valence-corrected chi connectivity index (χ2v) is 24.8. The standard InChI is InChI=1S/C61H75FN12O7S/c1-35(2)57(61(78)73-33-43(75)25-52(73)60(77)66-36(3)39-9-12-47(49(62)23-39)58-37(4)65-34-82-58)54-29-55(69-81-54)71-21-14-38(15-22-71)30-70-19-16-44(17-20-70)79-45-26-46(27-45)80-56-24-40(13-18-64-56)74-41-10-11-42(74)32-72(31-41)51-28-50(67-68-59(51)63)48-7-5-6-8-53(48)76/h5-9,12-13,18,23-24,28-29,34-36,38,41-46,52,57,75-76H,10-11,14-17,19-22,25-27,30-33H2,1-4H3,(H2,63,68)(H,66,77)/t36-,41+,42?,43+,45?,46?,52-,57+/m0/s1. The molecule has 434 valence electrons. The summed E-state index contributed by atoms with van der Waals surface area (Å²) in [5.41, 5.74) is 13.1. The topological polar surface area (TPSA) is 225 Å². The van der Waals surface area contributed by atoms with Crippen molar-refractivity contribution >= 4 is 46.2 Å². The SMILES string of the molecule is Cc1ncsc1-c1ccc([C@H](C)NC(=O)[C@@H]2C[C@@H](O)CN2C(=O)[C@@H](c2cc(N3CCC(CN4CCC(OC5CC(Oc6cc(N7C8CC[C@@H]7CN(c7cc(-c9ccccc9O)nnc7N)C8)ccn6)C5)CC4)CC3)no2)C(C)C)cc1F. The van der Waals surface area contributed by atoms with Gasteiger partial charge in [-0.1, -0.05) is 43.3 Å². The van der Waals surface area contributed by atoms with Crippen LogP contribution in [-0.2, 0) is 14.3 Å². The Labute approximate surface area is 482 Å². The van der Waals surface area contributed by atoms with Crippen molar-refractivity contribution in [2.75, 3.05) is 72.8 Å². The lowest BCUT2D eigenvalue weighted by Gasteiger charge is -2.43. The van der Waals surface area contributed by atoms with Crippen LogP contribution in [0.15, 0.2) is 83.0 Å². The number of benzene rings is 2. The summed E-state index contributed by atoms with van der Waals surface area (Å²) in [5, 5.41) is 37.3. The molecule has 0 radical (unpaired) electrons. The van der Waals surface area contributed by atoms with Crippen LogP contribution in [-0.4, -0.2) is 152 Å². The van der Waals surface area contributed by atoms with Crippen LogP contribution in [0.4, 0.5) is 27.4 Å². The van der Waals surface area contributed by atoms with Crippen LogP contribution < -0.4 is 30.5 Å².